The summed E-state index contributed by atoms with van der Waals surface area (Å²) in [7, 11) is 0. The second kappa shape index (κ2) is 6.18. The minimum absolute atomic E-state index is 0.0703. The first-order valence-electron chi connectivity index (χ1n) is 7.36. The average Bonchev–Trinajstić information content (AvgIpc) is 2.47. The number of rotatable bonds is 3. The quantitative estimate of drug-likeness (QED) is 0.572. The van der Waals surface area contributed by atoms with Crippen LogP contribution < -0.4 is 4.74 Å². The maximum atomic E-state index is 12.2. The van der Waals surface area contributed by atoms with Gasteiger partial charge in [-0.2, -0.15) is 0 Å². The van der Waals surface area contributed by atoms with Crippen LogP contribution in [-0.4, -0.2) is 5.97 Å². The van der Waals surface area contributed by atoms with E-state index in [0.717, 1.165) is 11.1 Å². The number of ether oxygens (including phenoxy) is 1. The van der Waals surface area contributed by atoms with E-state index in [0.29, 0.717) is 11.3 Å². The fourth-order valence-corrected chi connectivity index (χ4v) is 2.08. The van der Waals surface area contributed by atoms with Gasteiger partial charge in [0.25, 0.3) is 0 Å². The van der Waals surface area contributed by atoms with Gasteiger partial charge in [0.1, 0.15) is 5.75 Å². The average molecular weight is 294 g/mol. The van der Waals surface area contributed by atoms with Crippen LogP contribution in [-0.2, 0) is 5.41 Å². The van der Waals surface area contributed by atoms with Gasteiger partial charge in [-0.05, 0) is 47.7 Å². The summed E-state index contributed by atoms with van der Waals surface area (Å²) in [6.45, 7) is 12.3. The molecule has 0 fully saturated rings. The van der Waals surface area contributed by atoms with Gasteiger partial charge < -0.3 is 4.74 Å². The maximum absolute atomic E-state index is 12.2. The van der Waals surface area contributed by atoms with E-state index in [4.69, 9.17) is 4.74 Å². The molecule has 0 bridgehead atoms. The third-order valence-electron chi connectivity index (χ3n) is 3.54. The lowest BCUT2D eigenvalue weighted by molar-refractivity contribution is 0.0734. The Bertz CT molecular complexity index is 671. The Morgan fingerprint density at radius 2 is 1.41 bits per heavy atom. The van der Waals surface area contributed by atoms with E-state index < -0.39 is 0 Å². The Morgan fingerprint density at radius 3 is 1.86 bits per heavy atom. The van der Waals surface area contributed by atoms with E-state index in [2.05, 4.69) is 27.4 Å². The van der Waals surface area contributed by atoms with Crippen LogP contribution in [0.1, 0.15) is 49.2 Å². The number of esters is 1. The number of hydrogen-bond donors (Lipinski definition) is 0. The molecular weight excluding hydrogens is 272 g/mol. The van der Waals surface area contributed by atoms with Crippen LogP contribution in [0.5, 0.6) is 5.75 Å². The molecule has 0 spiro atoms. The minimum atomic E-state index is -0.344. The van der Waals surface area contributed by atoms with Crippen LogP contribution in [0.2, 0.25) is 0 Å². The summed E-state index contributed by atoms with van der Waals surface area (Å²) in [4.78, 5) is 12.2. The fraction of sp³-hybridized carbons (Fsp3) is 0.250. The molecule has 0 unspecified atom stereocenters. The zero-order valence-electron chi connectivity index (χ0n) is 13.6. The normalized spacial score (nSPS) is 11.1. The van der Waals surface area contributed by atoms with E-state index in [9.17, 15) is 4.79 Å². The summed E-state index contributed by atoms with van der Waals surface area (Å²) in [6.07, 6.45) is 0. The second-order valence-electron chi connectivity index (χ2n) is 6.52. The standard InChI is InChI=1S/C20H22O2/c1-14(2)15-8-12-18(13-9-15)22-19(21)16-6-10-17(11-7-16)20(3,4)5/h6-13H,1H2,2-5H3. The van der Waals surface area contributed by atoms with Crippen molar-refractivity contribution in [1.29, 1.82) is 0 Å². The minimum Gasteiger partial charge on any atom is -0.423 e. The molecule has 0 radical (unpaired) electrons. The third-order valence-corrected chi connectivity index (χ3v) is 3.54. The van der Waals surface area contributed by atoms with Crippen LogP contribution in [0, 0.1) is 0 Å². The molecule has 2 heteroatoms. The fourth-order valence-electron chi connectivity index (χ4n) is 2.08. The monoisotopic (exact) mass is 294 g/mol. The maximum Gasteiger partial charge on any atom is 0.343 e. The Morgan fingerprint density at radius 1 is 0.909 bits per heavy atom. The SMILES string of the molecule is C=C(C)c1ccc(OC(=O)c2ccc(C(C)(C)C)cc2)cc1. The van der Waals surface area contributed by atoms with Gasteiger partial charge in [0, 0.05) is 0 Å². The second-order valence-corrected chi connectivity index (χ2v) is 6.52. The predicted molar refractivity (Wildman–Crippen MR) is 91.3 cm³/mol. The van der Waals surface area contributed by atoms with Gasteiger partial charge in [-0.1, -0.05) is 57.2 Å². The van der Waals surface area contributed by atoms with Crippen molar-refractivity contribution in [1.82, 2.24) is 0 Å². The van der Waals surface area contributed by atoms with Crippen molar-refractivity contribution in [2.75, 3.05) is 0 Å². The summed E-state index contributed by atoms with van der Waals surface area (Å²) in [5.41, 5.74) is 3.83. The molecule has 0 saturated carbocycles. The van der Waals surface area contributed by atoms with Crippen LogP contribution >= 0.6 is 0 Å². The van der Waals surface area contributed by atoms with Crippen molar-refractivity contribution in [3.05, 3.63) is 71.8 Å². The van der Waals surface area contributed by atoms with Gasteiger partial charge >= 0.3 is 5.97 Å². The Kier molecular flexibility index (Phi) is 4.51. The smallest absolute Gasteiger partial charge is 0.343 e. The number of carbonyl (C=O) groups is 1. The molecule has 2 aromatic carbocycles. The molecule has 0 aromatic heterocycles. The van der Waals surface area contributed by atoms with Crippen molar-refractivity contribution in [2.24, 2.45) is 0 Å². The molecule has 0 heterocycles. The number of hydrogen-bond acceptors (Lipinski definition) is 2. The first kappa shape index (κ1) is 16.0. The Balaban J connectivity index is 2.10. The highest BCUT2D eigenvalue weighted by Crippen LogP contribution is 2.23. The third kappa shape index (κ3) is 3.85. The van der Waals surface area contributed by atoms with Gasteiger partial charge in [0.05, 0.1) is 5.56 Å². The summed E-state index contributed by atoms with van der Waals surface area (Å²) in [5, 5.41) is 0. The zero-order valence-corrected chi connectivity index (χ0v) is 13.6. The van der Waals surface area contributed by atoms with Gasteiger partial charge in [-0.25, -0.2) is 4.79 Å². The molecule has 22 heavy (non-hydrogen) atoms. The van der Waals surface area contributed by atoms with Crippen molar-refractivity contribution in [2.45, 2.75) is 33.1 Å². The predicted octanol–water partition coefficient (Wildman–Crippen LogP) is 5.24. The number of benzene rings is 2. The summed E-state index contributed by atoms with van der Waals surface area (Å²) in [6, 6.07) is 14.9. The van der Waals surface area contributed by atoms with E-state index in [-0.39, 0.29) is 11.4 Å². The lowest BCUT2D eigenvalue weighted by Crippen LogP contribution is -2.12. The lowest BCUT2D eigenvalue weighted by atomic mass is 9.87. The molecule has 0 aliphatic carbocycles. The molecule has 0 saturated heterocycles. The topological polar surface area (TPSA) is 26.3 Å². The van der Waals surface area contributed by atoms with E-state index in [1.54, 1.807) is 12.1 Å². The van der Waals surface area contributed by atoms with Gasteiger partial charge in [0.15, 0.2) is 0 Å². The molecule has 0 atom stereocenters. The molecule has 2 nitrogen and oxygen atoms in total. The van der Waals surface area contributed by atoms with E-state index in [1.165, 1.54) is 5.56 Å². The van der Waals surface area contributed by atoms with Crippen molar-refractivity contribution in [3.8, 4) is 5.75 Å². The molecule has 0 amide bonds. The Hall–Kier alpha value is -2.35. The van der Waals surface area contributed by atoms with Crippen molar-refractivity contribution < 1.29 is 9.53 Å². The molecule has 0 aliphatic rings. The van der Waals surface area contributed by atoms with Crippen LogP contribution in [0.15, 0.2) is 55.1 Å². The number of carbonyl (C=O) groups excluding carboxylic acids is 1. The van der Waals surface area contributed by atoms with Gasteiger partial charge in [-0.15, -0.1) is 0 Å². The molecular formula is C20H22O2. The highest BCUT2D eigenvalue weighted by atomic mass is 16.5. The first-order valence-corrected chi connectivity index (χ1v) is 7.36. The first-order chi connectivity index (χ1) is 10.3. The van der Waals surface area contributed by atoms with Crippen molar-refractivity contribution in [3.63, 3.8) is 0 Å². The Labute approximate surface area is 132 Å². The highest BCUT2D eigenvalue weighted by molar-refractivity contribution is 5.91. The van der Waals surface area contributed by atoms with E-state index in [1.807, 2.05) is 43.3 Å². The zero-order chi connectivity index (χ0) is 16.3. The number of allylic oxidation sites excluding steroid dienone is 1. The van der Waals surface area contributed by atoms with Crippen LogP contribution in [0.3, 0.4) is 0 Å². The summed E-state index contributed by atoms with van der Waals surface area (Å²) in [5.74, 6) is 0.193. The van der Waals surface area contributed by atoms with Crippen LogP contribution in [0.25, 0.3) is 5.57 Å². The van der Waals surface area contributed by atoms with Gasteiger partial charge in [-0.3, -0.25) is 0 Å². The molecule has 2 rings (SSSR count). The highest BCUT2D eigenvalue weighted by Gasteiger charge is 2.15. The van der Waals surface area contributed by atoms with E-state index >= 15 is 0 Å². The van der Waals surface area contributed by atoms with Gasteiger partial charge in [0.2, 0.25) is 0 Å². The summed E-state index contributed by atoms with van der Waals surface area (Å²) >= 11 is 0. The van der Waals surface area contributed by atoms with Crippen LogP contribution in [0.4, 0.5) is 0 Å². The molecule has 2 aromatic rings. The molecule has 0 N–H and O–H groups in total. The largest absolute Gasteiger partial charge is 0.423 e. The van der Waals surface area contributed by atoms with Crippen molar-refractivity contribution >= 4 is 11.5 Å². The lowest BCUT2D eigenvalue weighted by Gasteiger charge is -2.18. The molecule has 114 valence electrons. The summed E-state index contributed by atoms with van der Waals surface area (Å²) < 4.78 is 5.39. The molecule has 0 aliphatic heterocycles.